The predicted octanol–water partition coefficient (Wildman–Crippen LogP) is 5.50. The summed E-state index contributed by atoms with van der Waals surface area (Å²) >= 11 is 8.61. The van der Waals surface area contributed by atoms with Gasteiger partial charge < -0.3 is 5.32 Å². The zero-order valence-corrected chi connectivity index (χ0v) is 14.4. The molecule has 102 valence electrons. The van der Waals surface area contributed by atoms with Gasteiger partial charge in [0.15, 0.2) is 0 Å². The van der Waals surface area contributed by atoms with E-state index in [2.05, 4.69) is 49.5 Å². The molecule has 0 aliphatic rings. The lowest BCUT2D eigenvalue weighted by molar-refractivity contribution is 0.544. The third kappa shape index (κ3) is 3.45. The first-order valence-corrected chi connectivity index (χ1v) is 8.57. The molecular weight excluding hydrogens is 393 g/mol. The summed E-state index contributed by atoms with van der Waals surface area (Å²) in [6.45, 7) is 2.94. The fraction of sp³-hybridized carbons (Fsp3) is 0.286. The van der Waals surface area contributed by atoms with Crippen LogP contribution < -0.4 is 5.32 Å². The molecule has 19 heavy (non-hydrogen) atoms. The number of benzene rings is 1. The van der Waals surface area contributed by atoms with Crippen molar-refractivity contribution in [1.82, 2.24) is 5.32 Å². The lowest BCUT2D eigenvalue weighted by atomic mass is 10.0. The zero-order chi connectivity index (χ0) is 13.8. The maximum absolute atomic E-state index is 14.2. The molecule has 1 unspecified atom stereocenters. The van der Waals surface area contributed by atoms with Gasteiger partial charge in [-0.15, -0.1) is 0 Å². The number of hydrogen-bond acceptors (Lipinski definition) is 2. The second kappa shape index (κ2) is 6.97. The molecule has 0 amide bonds. The van der Waals surface area contributed by atoms with Gasteiger partial charge in [-0.1, -0.05) is 28.9 Å². The largest absolute Gasteiger partial charge is 0.306 e. The van der Waals surface area contributed by atoms with Crippen molar-refractivity contribution in [3.63, 3.8) is 0 Å². The fourth-order valence-corrected chi connectivity index (χ4v) is 4.06. The molecule has 0 saturated carbocycles. The maximum atomic E-state index is 14.2. The average molecular weight is 407 g/mol. The van der Waals surface area contributed by atoms with E-state index in [1.54, 1.807) is 17.4 Å². The quantitative estimate of drug-likeness (QED) is 0.690. The van der Waals surface area contributed by atoms with E-state index in [0.29, 0.717) is 5.56 Å². The SMILES string of the molecule is CCCNC(c1cscc1Br)c1c(F)cccc1Br. The minimum absolute atomic E-state index is 0.142. The van der Waals surface area contributed by atoms with Crippen molar-refractivity contribution in [1.29, 1.82) is 0 Å². The highest BCUT2D eigenvalue weighted by molar-refractivity contribution is 9.10. The summed E-state index contributed by atoms with van der Waals surface area (Å²) < 4.78 is 16.0. The fourth-order valence-electron chi connectivity index (χ4n) is 1.94. The Balaban J connectivity index is 2.46. The van der Waals surface area contributed by atoms with Crippen LogP contribution in [-0.4, -0.2) is 6.54 Å². The minimum Gasteiger partial charge on any atom is -0.306 e. The summed E-state index contributed by atoms with van der Waals surface area (Å²) in [6.07, 6.45) is 1.00. The van der Waals surface area contributed by atoms with E-state index in [-0.39, 0.29) is 11.9 Å². The molecule has 1 atom stereocenters. The topological polar surface area (TPSA) is 12.0 Å². The molecule has 2 rings (SSSR count). The van der Waals surface area contributed by atoms with Crippen LogP contribution in [0.3, 0.4) is 0 Å². The normalized spacial score (nSPS) is 12.6. The van der Waals surface area contributed by atoms with E-state index in [4.69, 9.17) is 0 Å². The molecule has 0 saturated heterocycles. The highest BCUT2D eigenvalue weighted by Gasteiger charge is 2.22. The van der Waals surface area contributed by atoms with Gasteiger partial charge in [0.2, 0.25) is 0 Å². The second-order valence-corrected chi connectivity index (χ2v) is 6.65. The van der Waals surface area contributed by atoms with Crippen molar-refractivity contribution in [3.8, 4) is 0 Å². The molecule has 0 spiro atoms. The van der Waals surface area contributed by atoms with Gasteiger partial charge >= 0.3 is 0 Å². The van der Waals surface area contributed by atoms with Crippen molar-refractivity contribution in [2.24, 2.45) is 0 Å². The van der Waals surface area contributed by atoms with Gasteiger partial charge in [0.05, 0.1) is 6.04 Å². The van der Waals surface area contributed by atoms with E-state index in [0.717, 1.165) is 27.5 Å². The lowest BCUT2D eigenvalue weighted by Crippen LogP contribution is -2.24. The third-order valence-electron chi connectivity index (χ3n) is 2.84. The summed E-state index contributed by atoms with van der Waals surface area (Å²) in [7, 11) is 0. The van der Waals surface area contributed by atoms with Crippen LogP contribution in [-0.2, 0) is 0 Å². The molecule has 0 aliphatic heterocycles. The molecule has 0 radical (unpaired) electrons. The summed E-state index contributed by atoms with van der Waals surface area (Å²) in [5.41, 5.74) is 1.74. The van der Waals surface area contributed by atoms with E-state index in [9.17, 15) is 4.39 Å². The van der Waals surface area contributed by atoms with Gasteiger partial charge in [-0.2, -0.15) is 11.3 Å². The molecule has 0 aliphatic carbocycles. The Bertz CT molecular complexity index is 536. The Labute approximate surface area is 133 Å². The van der Waals surface area contributed by atoms with Crippen molar-refractivity contribution in [3.05, 3.63) is 54.8 Å². The average Bonchev–Trinajstić information content (AvgIpc) is 2.79. The van der Waals surface area contributed by atoms with Crippen LogP contribution in [0.4, 0.5) is 4.39 Å². The van der Waals surface area contributed by atoms with E-state index in [1.165, 1.54) is 6.07 Å². The smallest absolute Gasteiger partial charge is 0.129 e. The Hall–Kier alpha value is -0.230. The third-order valence-corrected chi connectivity index (χ3v) is 5.28. The highest BCUT2D eigenvalue weighted by Crippen LogP contribution is 2.36. The number of nitrogens with one attached hydrogen (secondary N) is 1. The first kappa shape index (κ1) is 15.2. The van der Waals surface area contributed by atoms with Gasteiger partial charge in [-0.3, -0.25) is 0 Å². The van der Waals surface area contributed by atoms with Gasteiger partial charge in [-0.25, -0.2) is 4.39 Å². The van der Waals surface area contributed by atoms with Gasteiger partial charge in [0.25, 0.3) is 0 Å². The molecule has 5 heteroatoms. The molecule has 1 aromatic carbocycles. The van der Waals surface area contributed by atoms with Crippen LogP contribution in [0.5, 0.6) is 0 Å². The number of hydrogen-bond donors (Lipinski definition) is 1. The first-order chi connectivity index (χ1) is 9.15. The van der Waals surface area contributed by atoms with Crippen LogP contribution in [0.2, 0.25) is 0 Å². The van der Waals surface area contributed by atoms with E-state index >= 15 is 0 Å². The van der Waals surface area contributed by atoms with Crippen molar-refractivity contribution in [2.75, 3.05) is 6.54 Å². The second-order valence-electron chi connectivity index (χ2n) is 4.20. The summed E-state index contributed by atoms with van der Waals surface area (Å²) in [5.74, 6) is -0.193. The summed E-state index contributed by atoms with van der Waals surface area (Å²) in [6, 6.07) is 4.94. The van der Waals surface area contributed by atoms with Crippen LogP contribution in [0, 0.1) is 5.82 Å². The molecular formula is C14H14Br2FNS. The first-order valence-electron chi connectivity index (χ1n) is 6.04. The highest BCUT2D eigenvalue weighted by atomic mass is 79.9. The Morgan fingerprint density at radius 3 is 2.63 bits per heavy atom. The zero-order valence-electron chi connectivity index (χ0n) is 10.4. The molecule has 0 bridgehead atoms. The molecule has 1 N–H and O–H groups in total. The van der Waals surface area contributed by atoms with E-state index in [1.807, 2.05) is 11.4 Å². The molecule has 2 aromatic rings. The molecule has 1 nitrogen and oxygen atoms in total. The van der Waals surface area contributed by atoms with Crippen molar-refractivity contribution < 1.29 is 4.39 Å². The van der Waals surface area contributed by atoms with Gasteiger partial charge in [-0.05, 0) is 52.0 Å². The molecule has 1 heterocycles. The summed E-state index contributed by atoms with van der Waals surface area (Å²) in [5, 5.41) is 7.49. The van der Waals surface area contributed by atoms with Gasteiger partial charge in [0, 0.05) is 19.9 Å². The van der Waals surface area contributed by atoms with E-state index < -0.39 is 0 Å². The lowest BCUT2D eigenvalue weighted by Gasteiger charge is -2.21. The number of halogens is 3. The monoisotopic (exact) mass is 405 g/mol. The Morgan fingerprint density at radius 2 is 2.05 bits per heavy atom. The predicted molar refractivity (Wildman–Crippen MR) is 86.3 cm³/mol. The molecule has 1 aromatic heterocycles. The maximum Gasteiger partial charge on any atom is 0.129 e. The van der Waals surface area contributed by atoms with Crippen LogP contribution in [0.1, 0.15) is 30.5 Å². The number of rotatable bonds is 5. The van der Waals surface area contributed by atoms with Crippen LogP contribution >= 0.6 is 43.2 Å². The van der Waals surface area contributed by atoms with Crippen LogP contribution in [0.15, 0.2) is 37.9 Å². The standard InChI is InChI=1S/C14H14Br2FNS/c1-2-6-18-14(9-7-19-8-11(9)16)13-10(15)4-3-5-12(13)17/h3-5,7-8,14,18H,2,6H2,1H3. The molecule has 0 fully saturated rings. The minimum atomic E-state index is -0.193. The number of thiophene rings is 1. The van der Waals surface area contributed by atoms with Crippen molar-refractivity contribution in [2.45, 2.75) is 19.4 Å². The van der Waals surface area contributed by atoms with Gasteiger partial charge in [0.1, 0.15) is 5.82 Å². The van der Waals surface area contributed by atoms with Crippen molar-refractivity contribution >= 4 is 43.2 Å². The Morgan fingerprint density at radius 1 is 1.26 bits per heavy atom. The Kier molecular flexibility index (Phi) is 5.57. The van der Waals surface area contributed by atoms with Crippen LogP contribution in [0.25, 0.3) is 0 Å². The summed E-state index contributed by atoms with van der Waals surface area (Å²) in [4.78, 5) is 0.